The lowest BCUT2D eigenvalue weighted by molar-refractivity contribution is -0.154. The number of morpholine rings is 1. The Morgan fingerprint density at radius 3 is 2.76 bits per heavy atom. The summed E-state index contributed by atoms with van der Waals surface area (Å²) in [5.41, 5.74) is -0.142. The van der Waals surface area contributed by atoms with E-state index >= 15 is 0 Å². The first-order chi connectivity index (χ1) is 9.82. The van der Waals surface area contributed by atoms with E-state index in [9.17, 15) is 18.0 Å². The number of rotatable bonds is 2. The second kappa shape index (κ2) is 6.23. The summed E-state index contributed by atoms with van der Waals surface area (Å²) in [6, 6.07) is 3.42. The minimum atomic E-state index is -4.39. The number of carbonyl (C=O) groups excluding carboxylic acids is 1. The maximum atomic E-state index is 12.6. The summed E-state index contributed by atoms with van der Waals surface area (Å²) >= 11 is 3.15. The topological polar surface area (TPSA) is 38.8 Å². The third kappa shape index (κ3) is 3.68. The van der Waals surface area contributed by atoms with E-state index in [0.717, 1.165) is 12.1 Å². The minimum absolute atomic E-state index is 0.233. The molecular formula is C13H13BrF3NO3. The van der Waals surface area contributed by atoms with Crippen molar-refractivity contribution in [3.05, 3.63) is 28.2 Å². The number of benzene rings is 1. The number of hydrogen-bond donors (Lipinski definition) is 0. The van der Waals surface area contributed by atoms with Crippen LogP contribution in [0.25, 0.3) is 0 Å². The molecule has 1 aliphatic heterocycles. The zero-order valence-corrected chi connectivity index (χ0v) is 12.7. The largest absolute Gasteiger partial charge is 0.467 e. The van der Waals surface area contributed by atoms with Crippen molar-refractivity contribution in [2.45, 2.75) is 12.3 Å². The van der Waals surface area contributed by atoms with Crippen molar-refractivity contribution in [3.8, 4) is 0 Å². The molecule has 8 heteroatoms. The van der Waals surface area contributed by atoms with Crippen LogP contribution in [0.15, 0.2) is 22.7 Å². The molecule has 1 aliphatic rings. The summed E-state index contributed by atoms with van der Waals surface area (Å²) in [4.78, 5) is 13.3. The fourth-order valence-electron chi connectivity index (χ4n) is 2.08. The van der Waals surface area contributed by atoms with Gasteiger partial charge in [-0.25, -0.2) is 4.79 Å². The molecule has 1 heterocycles. The fraction of sp³-hybridized carbons (Fsp3) is 0.462. The van der Waals surface area contributed by atoms with Gasteiger partial charge in [-0.15, -0.1) is 0 Å². The molecule has 1 atom stereocenters. The van der Waals surface area contributed by atoms with Gasteiger partial charge in [-0.05, 0) is 34.1 Å². The second-order valence-electron chi connectivity index (χ2n) is 4.49. The van der Waals surface area contributed by atoms with Gasteiger partial charge in [-0.2, -0.15) is 13.2 Å². The van der Waals surface area contributed by atoms with Crippen molar-refractivity contribution in [1.82, 2.24) is 0 Å². The predicted molar refractivity (Wildman–Crippen MR) is 73.1 cm³/mol. The molecule has 0 radical (unpaired) electrons. The molecule has 0 amide bonds. The summed E-state index contributed by atoms with van der Waals surface area (Å²) < 4.78 is 48.1. The molecule has 0 aromatic heterocycles. The third-order valence-electron chi connectivity index (χ3n) is 3.15. The number of nitrogens with zero attached hydrogens (tertiary/aromatic N) is 1. The minimum Gasteiger partial charge on any atom is -0.467 e. The van der Waals surface area contributed by atoms with Gasteiger partial charge in [0, 0.05) is 11.0 Å². The first-order valence-electron chi connectivity index (χ1n) is 6.14. The molecule has 1 fully saturated rings. The Morgan fingerprint density at radius 1 is 1.48 bits per heavy atom. The summed E-state index contributed by atoms with van der Waals surface area (Å²) in [6.45, 7) is 1.02. The molecule has 0 N–H and O–H groups in total. The van der Waals surface area contributed by atoms with Gasteiger partial charge in [0.15, 0.2) is 6.10 Å². The average molecular weight is 368 g/mol. The van der Waals surface area contributed by atoms with Crippen molar-refractivity contribution in [2.24, 2.45) is 0 Å². The van der Waals surface area contributed by atoms with Crippen LogP contribution < -0.4 is 4.90 Å². The Balaban J connectivity index is 2.20. The summed E-state index contributed by atoms with van der Waals surface area (Å²) in [5, 5.41) is 0. The highest BCUT2D eigenvalue weighted by molar-refractivity contribution is 9.10. The van der Waals surface area contributed by atoms with Crippen molar-refractivity contribution in [3.63, 3.8) is 0 Å². The molecule has 1 saturated heterocycles. The van der Waals surface area contributed by atoms with Crippen molar-refractivity contribution in [2.75, 3.05) is 31.7 Å². The maximum absolute atomic E-state index is 12.6. The summed E-state index contributed by atoms with van der Waals surface area (Å²) in [6.07, 6.45) is -5.13. The van der Waals surface area contributed by atoms with Crippen LogP contribution in [0.4, 0.5) is 18.9 Å². The molecule has 116 valence electrons. The standard InChI is InChI=1S/C13H13BrF3NO3/c1-20-12(19)11-7-18(4-5-21-11)10-3-2-8(6-9(10)14)13(15,16)17/h2-3,6,11H,4-5,7H2,1H3. The van der Waals surface area contributed by atoms with Crippen molar-refractivity contribution < 1.29 is 27.4 Å². The van der Waals surface area contributed by atoms with Gasteiger partial charge in [-0.1, -0.05) is 0 Å². The molecular weight excluding hydrogens is 355 g/mol. The highest BCUT2D eigenvalue weighted by Crippen LogP contribution is 2.35. The Labute approximate surface area is 127 Å². The molecule has 0 bridgehead atoms. The molecule has 0 spiro atoms. The molecule has 0 aliphatic carbocycles. The first kappa shape index (κ1) is 16.1. The molecule has 2 rings (SSSR count). The maximum Gasteiger partial charge on any atom is 0.416 e. The SMILES string of the molecule is COC(=O)C1CN(c2ccc(C(F)(F)F)cc2Br)CCO1. The predicted octanol–water partition coefficient (Wildman–Crippen LogP) is 2.85. The first-order valence-corrected chi connectivity index (χ1v) is 6.93. The zero-order valence-electron chi connectivity index (χ0n) is 11.1. The van der Waals surface area contributed by atoms with Crippen LogP contribution in [0.5, 0.6) is 0 Å². The van der Waals surface area contributed by atoms with Crippen molar-refractivity contribution in [1.29, 1.82) is 0 Å². The zero-order chi connectivity index (χ0) is 15.6. The van der Waals surface area contributed by atoms with Crippen LogP contribution in [-0.4, -0.2) is 38.9 Å². The average Bonchev–Trinajstić information content (AvgIpc) is 2.45. The number of hydrogen-bond acceptors (Lipinski definition) is 4. The van der Waals surface area contributed by atoms with Crippen molar-refractivity contribution >= 4 is 27.6 Å². The van der Waals surface area contributed by atoms with Gasteiger partial charge in [0.2, 0.25) is 0 Å². The Morgan fingerprint density at radius 2 is 2.19 bits per heavy atom. The fourth-order valence-corrected chi connectivity index (χ4v) is 2.71. The van der Waals surface area contributed by atoms with Gasteiger partial charge < -0.3 is 14.4 Å². The van der Waals surface area contributed by atoms with E-state index < -0.39 is 23.8 Å². The number of carbonyl (C=O) groups is 1. The van der Waals surface area contributed by atoms with E-state index in [1.54, 1.807) is 4.90 Å². The van der Waals surface area contributed by atoms with Gasteiger partial charge in [0.25, 0.3) is 0 Å². The summed E-state index contributed by atoms with van der Waals surface area (Å²) in [7, 11) is 1.26. The lowest BCUT2D eigenvalue weighted by Gasteiger charge is -2.33. The quantitative estimate of drug-likeness (QED) is 0.753. The number of ether oxygens (including phenoxy) is 2. The smallest absolute Gasteiger partial charge is 0.416 e. The van der Waals surface area contributed by atoms with E-state index in [-0.39, 0.29) is 6.54 Å². The molecule has 1 aromatic carbocycles. The number of anilines is 1. The van der Waals surface area contributed by atoms with Gasteiger partial charge in [0.05, 0.1) is 31.5 Å². The highest BCUT2D eigenvalue weighted by Gasteiger charge is 2.32. The van der Waals surface area contributed by atoms with E-state index in [2.05, 4.69) is 20.7 Å². The van der Waals surface area contributed by atoms with Crippen LogP contribution in [0.3, 0.4) is 0 Å². The normalized spacial score (nSPS) is 19.5. The lowest BCUT2D eigenvalue weighted by Crippen LogP contribution is -2.46. The number of methoxy groups -OCH3 is 1. The van der Waals surface area contributed by atoms with Crippen LogP contribution in [-0.2, 0) is 20.4 Å². The van der Waals surface area contributed by atoms with Crippen LogP contribution >= 0.6 is 15.9 Å². The summed E-state index contributed by atoms with van der Waals surface area (Å²) in [5.74, 6) is -0.497. The second-order valence-corrected chi connectivity index (χ2v) is 5.35. The van der Waals surface area contributed by atoms with Crippen LogP contribution in [0.1, 0.15) is 5.56 Å². The van der Waals surface area contributed by atoms with E-state index in [0.29, 0.717) is 23.3 Å². The number of esters is 1. The molecule has 1 unspecified atom stereocenters. The highest BCUT2D eigenvalue weighted by atomic mass is 79.9. The van der Waals surface area contributed by atoms with E-state index in [1.807, 2.05) is 0 Å². The van der Waals surface area contributed by atoms with Crippen LogP contribution in [0.2, 0.25) is 0 Å². The Hall–Kier alpha value is -1.28. The number of halogens is 4. The van der Waals surface area contributed by atoms with Crippen LogP contribution in [0, 0.1) is 0 Å². The van der Waals surface area contributed by atoms with Gasteiger partial charge in [0.1, 0.15) is 0 Å². The van der Waals surface area contributed by atoms with Gasteiger partial charge >= 0.3 is 12.1 Å². The molecule has 0 saturated carbocycles. The molecule has 21 heavy (non-hydrogen) atoms. The molecule has 4 nitrogen and oxygen atoms in total. The third-order valence-corrected chi connectivity index (χ3v) is 3.78. The van der Waals surface area contributed by atoms with E-state index in [4.69, 9.17) is 4.74 Å². The molecule has 1 aromatic rings. The van der Waals surface area contributed by atoms with E-state index in [1.165, 1.54) is 13.2 Å². The lowest BCUT2D eigenvalue weighted by atomic mass is 10.1. The van der Waals surface area contributed by atoms with Gasteiger partial charge in [-0.3, -0.25) is 0 Å². The number of alkyl halides is 3. The Kier molecular flexibility index (Phi) is 4.77. The monoisotopic (exact) mass is 367 g/mol. The Bertz CT molecular complexity index is 536.